The molecular weight excluding hydrogens is 238 g/mol. The number of benzene rings is 2. The SMILES string of the molecule is NC(CC1c2ccccc2-c2ccccc21)C(=O)O. The van der Waals surface area contributed by atoms with E-state index in [9.17, 15) is 4.79 Å². The van der Waals surface area contributed by atoms with Crippen LogP contribution in [0, 0.1) is 0 Å². The molecule has 0 aromatic heterocycles. The molecule has 3 heteroatoms. The Balaban J connectivity index is 2.07. The number of nitrogens with two attached hydrogens (primary N) is 1. The molecule has 19 heavy (non-hydrogen) atoms. The van der Waals surface area contributed by atoms with Gasteiger partial charge in [0.25, 0.3) is 0 Å². The highest BCUT2D eigenvalue weighted by Crippen LogP contribution is 2.46. The Kier molecular flexibility index (Phi) is 2.84. The largest absolute Gasteiger partial charge is 0.480 e. The van der Waals surface area contributed by atoms with Gasteiger partial charge in [0.15, 0.2) is 0 Å². The van der Waals surface area contributed by atoms with Gasteiger partial charge in [0.1, 0.15) is 6.04 Å². The zero-order chi connectivity index (χ0) is 13.4. The van der Waals surface area contributed by atoms with Crippen molar-refractivity contribution in [1.29, 1.82) is 0 Å². The van der Waals surface area contributed by atoms with Gasteiger partial charge in [-0.1, -0.05) is 48.5 Å². The Morgan fingerprint density at radius 3 is 2.00 bits per heavy atom. The average molecular weight is 253 g/mol. The quantitative estimate of drug-likeness (QED) is 0.883. The van der Waals surface area contributed by atoms with Crippen LogP contribution >= 0.6 is 0 Å². The van der Waals surface area contributed by atoms with Crippen LogP contribution in [0.3, 0.4) is 0 Å². The summed E-state index contributed by atoms with van der Waals surface area (Å²) in [7, 11) is 0. The molecule has 3 N–H and O–H groups in total. The van der Waals surface area contributed by atoms with Crippen LogP contribution in [0.1, 0.15) is 23.5 Å². The first-order chi connectivity index (χ1) is 9.18. The number of carboxylic acids is 1. The molecule has 3 rings (SSSR count). The van der Waals surface area contributed by atoms with E-state index in [0.717, 1.165) is 0 Å². The van der Waals surface area contributed by atoms with Gasteiger partial charge in [0.05, 0.1) is 0 Å². The molecule has 1 atom stereocenters. The maximum Gasteiger partial charge on any atom is 0.320 e. The number of carboxylic acid groups (broad SMARTS) is 1. The molecule has 3 nitrogen and oxygen atoms in total. The van der Waals surface area contributed by atoms with E-state index < -0.39 is 12.0 Å². The van der Waals surface area contributed by atoms with Gasteiger partial charge in [-0.15, -0.1) is 0 Å². The molecule has 0 fully saturated rings. The summed E-state index contributed by atoms with van der Waals surface area (Å²) < 4.78 is 0. The molecule has 1 aliphatic rings. The lowest BCUT2D eigenvalue weighted by atomic mass is 9.90. The van der Waals surface area contributed by atoms with Gasteiger partial charge in [-0.05, 0) is 28.7 Å². The predicted octanol–water partition coefficient (Wildman–Crippen LogP) is 2.60. The second-order valence-electron chi connectivity index (χ2n) is 4.91. The van der Waals surface area contributed by atoms with Crippen LogP contribution in [-0.2, 0) is 4.79 Å². The van der Waals surface area contributed by atoms with Crippen molar-refractivity contribution in [3.8, 4) is 11.1 Å². The van der Waals surface area contributed by atoms with E-state index >= 15 is 0 Å². The van der Waals surface area contributed by atoms with Gasteiger partial charge in [0, 0.05) is 5.92 Å². The smallest absolute Gasteiger partial charge is 0.320 e. The van der Waals surface area contributed by atoms with Crippen LogP contribution in [0.15, 0.2) is 48.5 Å². The molecular formula is C16H15NO2. The highest BCUT2D eigenvalue weighted by molar-refractivity contribution is 5.80. The van der Waals surface area contributed by atoms with Gasteiger partial charge < -0.3 is 10.8 Å². The van der Waals surface area contributed by atoms with E-state index in [-0.39, 0.29) is 5.92 Å². The third-order valence-electron chi connectivity index (χ3n) is 3.77. The first-order valence-electron chi connectivity index (χ1n) is 6.35. The minimum Gasteiger partial charge on any atom is -0.480 e. The van der Waals surface area contributed by atoms with Crippen molar-refractivity contribution in [2.24, 2.45) is 5.73 Å². The third-order valence-corrected chi connectivity index (χ3v) is 3.77. The second kappa shape index (κ2) is 4.52. The predicted molar refractivity (Wildman–Crippen MR) is 73.9 cm³/mol. The minimum absolute atomic E-state index is 0.0819. The summed E-state index contributed by atoms with van der Waals surface area (Å²) in [5, 5.41) is 9.01. The molecule has 0 heterocycles. The molecule has 2 aromatic carbocycles. The molecule has 0 amide bonds. The summed E-state index contributed by atoms with van der Waals surface area (Å²) in [6, 6.07) is 15.5. The van der Waals surface area contributed by atoms with Crippen LogP contribution in [0.2, 0.25) is 0 Å². The van der Waals surface area contributed by atoms with Crippen molar-refractivity contribution in [3.05, 3.63) is 59.7 Å². The van der Waals surface area contributed by atoms with Crippen LogP contribution in [0.25, 0.3) is 11.1 Å². The van der Waals surface area contributed by atoms with Crippen molar-refractivity contribution in [2.75, 3.05) is 0 Å². The standard InChI is InChI=1S/C16H15NO2/c17-15(16(18)19)9-14-12-7-3-1-5-10(12)11-6-2-4-8-13(11)14/h1-8,14-15H,9,17H2,(H,18,19). The molecule has 96 valence electrons. The second-order valence-corrected chi connectivity index (χ2v) is 4.91. The summed E-state index contributed by atoms with van der Waals surface area (Å²) in [5.74, 6) is -0.861. The summed E-state index contributed by atoms with van der Waals surface area (Å²) in [6.07, 6.45) is 0.434. The molecule has 1 unspecified atom stereocenters. The van der Waals surface area contributed by atoms with E-state index in [4.69, 9.17) is 10.8 Å². The lowest BCUT2D eigenvalue weighted by molar-refractivity contribution is -0.138. The Hall–Kier alpha value is -2.13. The molecule has 0 bridgehead atoms. The maximum absolute atomic E-state index is 11.0. The lowest BCUT2D eigenvalue weighted by Gasteiger charge is -2.16. The monoisotopic (exact) mass is 253 g/mol. The summed E-state index contributed by atoms with van der Waals surface area (Å²) in [4.78, 5) is 11.0. The summed E-state index contributed by atoms with van der Waals surface area (Å²) in [6.45, 7) is 0. The summed E-state index contributed by atoms with van der Waals surface area (Å²) >= 11 is 0. The zero-order valence-corrected chi connectivity index (χ0v) is 10.4. The van der Waals surface area contributed by atoms with E-state index in [1.165, 1.54) is 22.3 Å². The summed E-state index contributed by atoms with van der Waals surface area (Å²) in [5.41, 5.74) is 10.5. The number of fused-ring (bicyclic) bond motifs is 3. The number of hydrogen-bond acceptors (Lipinski definition) is 2. The molecule has 0 saturated carbocycles. The molecule has 2 aromatic rings. The fourth-order valence-corrected chi connectivity index (χ4v) is 2.87. The minimum atomic E-state index is -0.943. The topological polar surface area (TPSA) is 63.3 Å². The average Bonchev–Trinajstić information content (AvgIpc) is 2.74. The highest BCUT2D eigenvalue weighted by atomic mass is 16.4. The Morgan fingerprint density at radius 1 is 1.05 bits per heavy atom. The molecule has 0 saturated heterocycles. The van der Waals surface area contributed by atoms with Gasteiger partial charge in [0.2, 0.25) is 0 Å². The highest BCUT2D eigenvalue weighted by Gasteiger charge is 2.30. The van der Waals surface area contributed by atoms with Crippen LogP contribution in [-0.4, -0.2) is 17.1 Å². The van der Waals surface area contributed by atoms with Crippen LogP contribution in [0.4, 0.5) is 0 Å². The van der Waals surface area contributed by atoms with Crippen LogP contribution in [0.5, 0.6) is 0 Å². The fraction of sp³-hybridized carbons (Fsp3) is 0.188. The molecule has 0 spiro atoms. The van der Waals surface area contributed by atoms with Crippen LogP contribution < -0.4 is 5.73 Å². The van der Waals surface area contributed by atoms with Crippen molar-refractivity contribution in [1.82, 2.24) is 0 Å². The Morgan fingerprint density at radius 2 is 1.53 bits per heavy atom. The van der Waals surface area contributed by atoms with Gasteiger partial charge in [-0.25, -0.2) is 0 Å². The molecule has 1 aliphatic carbocycles. The maximum atomic E-state index is 11.0. The number of rotatable bonds is 3. The van der Waals surface area contributed by atoms with Gasteiger partial charge >= 0.3 is 5.97 Å². The first-order valence-corrected chi connectivity index (χ1v) is 6.35. The van der Waals surface area contributed by atoms with Crippen molar-refractivity contribution in [2.45, 2.75) is 18.4 Å². The number of aliphatic carboxylic acids is 1. The Labute approximate surface area is 111 Å². The van der Waals surface area contributed by atoms with E-state index in [1.807, 2.05) is 24.3 Å². The normalized spacial score (nSPS) is 14.8. The fourth-order valence-electron chi connectivity index (χ4n) is 2.87. The van der Waals surface area contributed by atoms with E-state index in [0.29, 0.717) is 6.42 Å². The lowest BCUT2D eigenvalue weighted by Crippen LogP contribution is -2.31. The number of hydrogen-bond donors (Lipinski definition) is 2. The number of carbonyl (C=O) groups is 1. The van der Waals surface area contributed by atoms with E-state index in [2.05, 4.69) is 24.3 Å². The van der Waals surface area contributed by atoms with Crippen molar-refractivity contribution >= 4 is 5.97 Å². The third kappa shape index (κ3) is 1.92. The van der Waals surface area contributed by atoms with Crippen molar-refractivity contribution < 1.29 is 9.90 Å². The van der Waals surface area contributed by atoms with Crippen molar-refractivity contribution in [3.63, 3.8) is 0 Å². The van der Waals surface area contributed by atoms with Gasteiger partial charge in [-0.3, -0.25) is 4.79 Å². The zero-order valence-electron chi connectivity index (χ0n) is 10.4. The van der Waals surface area contributed by atoms with E-state index in [1.54, 1.807) is 0 Å². The first kappa shape index (κ1) is 11.9. The molecule has 0 aliphatic heterocycles. The van der Waals surface area contributed by atoms with Gasteiger partial charge in [-0.2, -0.15) is 0 Å². The Bertz CT molecular complexity index is 591. The molecule has 0 radical (unpaired) electrons.